The fourth-order valence-corrected chi connectivity index (χ4v) is 3.03. The van der Waals surface area contributed by atoms with E-state index in [0.717, 1.165) is 43.1 Å². The zero-order chi connectivity index (χ0) is 15.6. The number of fused-ring (bicyclic) bond motifs is 1. The largest absolute Gasteiger partial charge is 0.353 e. The van der Waals surface area contributed by atoms with E-state index < -0.39 is 0 Å². The number of hydrogen-bond donors (Lipinski definition) is 0. The van der Waals surface area contributed by atoms with Gasteiger partial charge < -0.3 is 14.2 Å². The first-order valence-corrected chi connectivity index (χ1v) is 7.83. The standard InChI is InChI=1S/C18H18N4O/c23-18(15-13-16-5-2-4-8-22(16)14-15)21-11-9-20(10-12-21)17-6-1-3-7-19-17/h1-8,13-14H,9-12H2. The Morgan fingerprint density at radius 2 is 1.83 bits per heavy atom. The molecule has 0 spiro atoms. The average Bonchev–Trinajstić information content (AvgIpc) is 3.06. The van der Waals surface area contributed by atoms with Crippen molar-refractivity contribution in [3.8, 4) is 0 Å². The summed E-state index contributed by atoms with van der Waals surface area (Å²) in [5.74, 6) is 1.09. The van der Waals surface area contributed by atoms with Crippen LogP contribution in [0, 0.1) is 0 Å². The Labute approximate surface area is 134 Å². The first kappa shape index (κ1) is 13.8. The average molecular weight is 306 g/mol. The second kappa shape index (κ2) is 5.76. The van der Waals surface area contributed by atoms with Crippen LogP contribution in [0.4, 0.5) is 5.82 Å². The monoisotopic (exact) mass is 306 g/mol. The number of aromatic nitrogens is 2. The molecule has 1 saturated heterocycles. The van der Waals surface area contributed by atoms with Gasteiger partial charge in [-0.05, 0) is 30.3 Å². The molecule has 0 N–H and O–H groups in total. The topological polar surface area (TPSA) is 40.9 Å². The molecule has 4 rings (SSSR count). The maximum absolute atomic E-state index is 12.7. The van der Waals surface area contributed by atoms with Crippen LogP contribution in [-0.2, 0) is 0 Å². The van der Waals surface area contributed by atoms with Crippen LogP contribution in [0.25, 0.3) is 5.52 Å². The quantitative estimate of drug-likeness (QED) is 0.729. The Kier molecular flexibility index (Phi) is 3.46. The van der Waals surface area contributed by atoms with E-state index >= 15 is 0 Å². The SMILES string of the molecule is O=C(c1cc2ccccn2c1)N1CCN(c2ccccn2)CC1. The fourth-order valence-electron chi connectivity index (χ4n) is 3.03. The van der Waals surface area contributed by atoms with Gasteiger partial charge in [0.15, 0.2) is 0 Å². The third-order valence-corrected chi connectivity index (χ3v) is 4.29. The molecule has 1 aliphatic heterocycles. The van der Waals surface area contributed by atoms with Gasteiger partial charge >= 0.3 is 0 Å². The van der Waals surface area contributed by atoms with Crippen LogP contribution in [0.1, 0.15) is 10.4 Å². The number of carbonyl (C=O) groups is 1. The number of nitrogens with zero attached hydrogens (tertiary/aromatic N) is 4. The number of piperazine rings is 1. The maximum Gasteiger partial charge on any atom is 0.255 e. The van der Waals surface area contributed by atoms with Gasteiger partial charge in [0.25, 0.3) is 5.91 Å². The number of hydrogen-bond acceptors (Lipinski definition) is 3. The molecule has 3 aromatic heterocycles. The first-order chi connectivity index (χ1) is 11.3. The Balaban J connectivity index is 1.46. The Bertz CT molecular complexity index is 786. The van der Waals surface area contributed by atoms with E-state index in [9.17, 15) is 4.79 Å². The molecule has 23 heavy (non-hydrogen) atoms. The highest BCUT2D eigenvalue weighted by atomic mass is 16.2. The lowest BCUT2D eigenvalue weighted by Crippen LogP contribution is -2.49. The summed E-state index contributed by atoms with van der Waals surface area (Å²) in [7, 11) is 0. The van der Waals surface area contributed by atoms with Crippen molar-refractivity contribution in [1.82, 2.24) is 14.3 Å². The van der Waals surface area contributed by atoms with Gasteiger partial charge in [-0.3, -0.25) is 4.79 Å². The summed E-state index contributed by atoms with van der Waals surface area (Å²) in [5.41, 5.74) is 1.80. The molecular weight excluding hydrogens is 288 g/mol. The molecule has 0 unspecified atom stereocenters. The maximum atomic E-state index is 12.7. The summed E-state index contributed by atoms with van der Waals surface area (Å²) in [6, 6.07) is 13.8. The number of pyridine rings is 2. The van der Waals surface area contributed by atoms with Crippen molar-refractivity contribution in [2.24, 2.45) is 0 Å². The summed E-state index contributed by atoms with van der Waals surface area (Å²) >= 11 is 0. The van der Waals surface area contributed by atoms with Gasteiger partial charge in [0.1, 0.15) is 5.82 Å². The number of rotatable bonds is 2. The Hall–Kier alpha value is -2.82. The molecule has 0 radical (unpaired) electrons. The Morgan fingerprint density at radius 1 is 1.00 bits per heavy atom. The van der Waals surface area contributed by atoms with Crippen molar-refractivity contribution >= 4 is 17.2 Å². The summed E-state index contributed by atoms with van der Waals surface area (Å²) < 4.78 is 1.98. The lowest BCUT2D eigenvalue weighted by atomic mass is 10.2. The Morgan fingerprint density at radius 3 is 2.57 bits per heavy atom. The predicted octanol–water partition coefficient (Wildman–Crippen LogP) is 2.30. The van der Waals surface area contributed by atoms with E-state index in [4.69, 9.17) is 0 Å². The van der Waals surface area contributed by atoms with Crippen LogP contribution in [-0.4, -0.2) is 46.4 Å². The van der Waals surface area contributed by atoms with Crippen molar-refractivity contribution in [3.05, 3.63) is 66.6 Å². The molecule has 116 valence electrons. The molecule has 5 heteroatoms. The number of carbonyl (C=O) groups excluding carboxylic acids is 1. The second-order valence-corrected chi connectivity index (χ2v) is 5.73. The van der Waals surface area contributed by atoms with E-state index in [2.05, 4.69) is 9.88 Å². The fraction of sp³-hybridized carbons (Fsp3) is 0.222. The summed E-state index contributed by atoms with van der Waals surface area (Å²) in [5, 5.41) is 0. The predicted molar refractivity (Wildman–Crippen MR) is 89.8 cm³/mol. The third-order valence-electron chi connectivity index (χ3n) is 4.29. The van der Waals surface area contributed by atoms with Crippen LogP contribution in [0.5, 0.6) is 0 Å². The molecule has 0 bridgehead atoms. The van der Waals surface area contributed by atoms with Crippen molar-refractivity contribution in [2.45, 2.75) is 0 Å². The lowest BCUT2D eigenvalue weighted by Gasteiger charge is -2.35. The van der Waals surface area contributed by atoms with E-state index in [0.29, 0.717) is 0 Å². The van der Waals surface area contributed by atoms with Crippen molar-refractivity contribution in [3.63, 3.8) is 0 Å². The first-order valence-electron chi connectivity index (χ1n) is 7.83. The van der Waals surface area contributed by atoms with Crippen molar-refractivity contribution < 1.29 is 4.79 Å². The molecule has 3 aromatic rings. The molecule has 0 saturated carbocycles. The molecule has 4 heterocycles. The smallest absolute Gasteiger partial charge is 0.255 e. The molecular formula is C18H18N4O. The summed E-state index contributed by atoms with van der Waals surface area (Å²) in [6.07, 6.45) is 5.67. The summed E-state index contributed by atoms with van der Waals surface area (Å²) in [4.78, 5) is 21.2. The zero-order valence-electron chi connectivity index (χ0n) is 12.8. The highest BCUT2D eigenvalue weighted by Gasteiger charge is 2.23. The van der Waals surface area contributed by atoms with Crippen molar-refractivity contribution in [1.29, 1.82) is 0 Å². The normalized spacial score (nSPS) is 15.1. The molecule has 5 nitrogen and oxygen atoms in total. The van der Waals surface area contributed by atoms with Gasteiger partial charge in [0.05, 0.1) is 5.56 Å². The van der Waals surface area contributed by atoms with E-state index in [1.54, 1.807) is 6.20 Å². The van der Waals surface area contributed by atoms with Gasteiger partial charge in [-0.15, -0.1) is 0 Å². The van der Waals surface area contributed by atoms with Crippen LogP contribution >= 0.6 is 0 Å². The number of anilines is 1. The third kappa shape index (κ3) is 2.65. The lowest BCUT2D eigenvalue weighted by molar-refractivity contribution is 0.0746. The van der Waals surface area contributed by atoms with Gasteiger partial charge in [-0.25, -0.2) is 4.98 Å². The van der Waals surface area contributed by atoms with E-state index in [1.807, 2.05) is 64.2 Å². The molecule has 1 fully saturated rings. The highest BCUT2D eigenvalue weighted by Crippen LogP contribution is 2.16. The molecule has 1 amide bonds. The van der Waals surface area contributed by atoms with Gasteiger partial charge in [-0.1, -0.05) is 12.1 Å². The van der Waals surface area contributed by atoms with Gasteiger partial charge in [-0.2, -0.15) is 0 Å². The second-order valence-electron chi connectivity index (χ2n) is 5.73. The van der Waals surface area contributed by atoms with E-state index in [1.165, 1.54) is 0 Å². The van der Waals surface area contributed by atoms with Crippen LogP contribution in [0.15, 0.2) is 61.1 Å². The van der Waals surface area contributed by atoms with Crippen LogP contribution in [0.3, 0.4) is 0 Å². The minimum atomic E-state index is 0.106. The van der Waals surface area contributed by atoms with Gasteiger partial charge in [0, 0.05) is 50.3 Å². The molecule has 0 aromatic carbocycles. The highest BCUT2D eigenvalue weighted by molar-refractivity contribution is 5.95. The molecule has 0 aliphatic carbocycles. The van der Waals surface area contributed by atoms with E-state index in [-0.39, 0.29) is 5.91 Å². The number of amides is 1. The van der Waals surface area contributed by atoms with Crippen molar-refractivity contribution in [2.75, 3.05) is 31.1 Å². The van der Waals surface area contributed by atoms with Crippen LogP contribution < -0.4 is 4.90 Å². The minimum Gasteiger partial charge on any atom is -0.353 e. The summed E-state index contributed by atoms with van der Waals surface area (Å²) in [6.45, 7) is 3.08. The zero-order valence-corrected chi connectivity index (χ0v) is 12.8. The molecule has 1 aliphatic rings. The van der Waals surface area contributed by atoms with Crippen LogP contribution in [0.2, 0.25) is 0 Å². The van der Waals surface area contributed by atoms with Gasteiger partial charge in [0.2, 0.25) is 0 Å². The minimum absolute atomic E-state index is 0.106. The molecule has 0 atom stereocenters.